The Bertz CT molecular complexity index is 1790. The fourth-order valence-electron chi connectivity index (χ4n) is 4.37. The van der Waals surface area contributed by atoms with Crippen LogP contribution < -0.4 is 10.1 Å². The number of rotatable bonds is 3. The van der Waals surface area contributed by atoms with Crippen LogP contribution in [0.3, 0.4) is 0 Å². The third-order valence-corrected chi connectivity index (χ3v) is 7.20. The van der Waals surface area contributed by atoms with Gasteiger partial charge in [0, 0.05) is 29.2 Å². The van der Waals surface area contributed by atoms with Gasteiger partial charge in [0.25, 0.3) is 5.56 Å². The summed E-state index contributed by atoms with van der Waals surface area (Å²) in [6.07, 6.45) is 4.01. The van der Waals surface area contributed by atoms with Crippen molar-refractivity contribution in [1.29, 1.82) is 0 Å². The van der Waals surface area contributed by atoms with Crippen molar-refractivity contribution in [2.75, 3.05) is 0 Å². The van der Waals surface area contributed by atoms with Crippen LogP contribution in [0.2, 0.25) is 0 Å². The molecule has 0 bridgehead atoms. The number of hydrogen-bond acceptors (Lipinski definition) is 3. The molecule has 0 spiro atoms. The van der Waals surface area contributed by atoms with Crippen LogP contribution in [0.25, 0.3) is 33.0 Å². The number of aromatic nitrogens is 3. The summed E-state index contributed by atoms with van der Waals surface area (Å²) < 4.78 is 17.8. The third-order valence-electron chi connectivity index (χ3n) is 6.23. The van der Waals surface area contributed by atoms with Crippen LogP contribution in [0.4, 0.5) is 4.39 Å². The Morgan fingerprint density at radius 3 is 2.58 bits per heavy atom. The second-order valence-electron chi connectivity index (χ2n) is 8.43. The van der Waals surface area contributed by atoms with E-state index < -0.39 is 0 Å². The highest BCUT2D eigenvalue weighted by molar-refractivity contribution is 7.15. The van der Waals surface area contributed by atoms with Gasteiger partial charge in [-0.1, -0.05) is 41.7 Å². The van der Waals surface area contributed by atoms with Gasteiger partial charge in [0.2, 0.25) is 0 Å². The average Bonchev–Trinajstić information content (AvgIpc) is 3.42. The normalized spacial score (nSPS) is 12.5. The van der Waals surface area contributed by atoms with Crippen LogP contribution in [-0.4, -0.2) is 14.0 Å². The lowest BCUT2D eigenvalue weighted by Gasteiger charge is -2.05. The summed E-state index contributed by atoms with van der Waals surface area (Å²) in [6.45, 7) is 4.73. The second kappa shape index (κ2) is 7.39. The molecule has 3 aromatic carbocycles. The molecule has 6 heteroatoms. The standard InChI is InChI=1S/C27H20FN3OS/c1-16-11-22-24(12-17(16)2)31-26(32)25(33-27(31)29-22)13-19-15-30(23-6-4-3-5-21(19)23)14-18-7-9-20(28)10-8-18/h3-13,15H,14H2,1-2H3/b25-13-. The van der Waals surface area contributed by atoms with Gasteiger partial charge >= 0.3 is 0 Å². The maximum absolute atomic E-state index is 13.3. The van der Waals surface area contributed by atoms with Gasteiger partial charge in [-0.15, -0.1) is 0 Å². The zero-order chi connectivity index (χ0) is 22.7. The molecule has 0 unspecified atom stereocenters. The van der Waals surface area contributed by atoms with Gasteiger partial charge in [-0.25, -0.2) is 13.8 Å². The molecule has 3 heterocycles. The molecule has 162 valence electrons. The first-order chi connectivity index (χ1) is 16.0. The molecule has 0 aliphatic carbocycles. The average molecular weight is 454 g/mol. The van der Waals surface area contributed by atoms with Crippen LogP contribution in [0.1, 0.15) is 22.3 Å². The summed E-state index contributed by atoms with van der Waals surface area (Å²) in [6, 6.07) is 18.8. The number of aryl methyl sites for hydroxylation is 2. The van der Waals surface area contributed by atoms with E-state index in [1.165, 1.54) is 29.0 Å². The lowest BCUT2D eigenvalue weighted by Crippen LogP contribution is -2.22. The molecule has 3 aromatic heterocycles. The molecule has 0 fully saturated rings. The molecule has 0 aliphatic heterocycles. The minimum atomic E-state index is -0.242. The molecular weight excluding hydrogens is 433 g/mol. The maximum Gasteiger partial charge on any atom is 0.274 e. The molecule has 0 amide bonds. The first-order valence-corrected chi connectivity index (χ1v) is 11.6. The number of imidazole rings is 1. The van der Waals surface area contributed by atoms with E-state index in [9.17, 15) is 9.18 Å². The molecule has 0 atom stereocenters. The predicted octanol–water partition coefficient (Wildman–Crippen LogP) is 5.22. The Kier molecular flexibility index (Phi) is 4.45. The Hall–Kier alpha value is -3.77. The summed E-state index contributed by atoms with van der Waals surface area (Å²) in [4.78, 5) is 18.7. The molecule has 0 N–H and O–H groups in total. The molecular formula is C27H20FN3OS. The quantitative estimate of drug-likeness (QED) is 0.369. The van der Waals surface area contributed by atoms with Gasteiger partial charge < -0.3 is 4.57 Å². The maximum atomic E-state index is 13.3. The van der Waals surface area contributed by atoms with Crippen molar-refractivity contribution in [3.05, 3.63) is 110 Å². The van der Waals surface area contributed by atoms with E-state index in [2.05, 4.69) is 29.8 Å². The van der Waals surface area contributed by atoms with Crippen molar-refractivity contribution in [3.63, 3.8) is 0 Å². The largest absolute Gasteiger partial charge is 0.342 e. The lowest BCUT2D eigenvalue weighted by molar-refractivity contribution is 0.626. The molecule has 0 saturated heterocycles. The number of thiazole rings is 1. The first-order valence-electron chi connectivity index (χ1n) is 10.7. The molecule has 6 aromatic rings. The monoisotopic (exact) mass is 453 g/mol. The van der Waals surface area contributed by atoms with Crippen molar-refractivity contribution in [3.8, 4) is 0 Å². The van der Waals surface area contributed by atoms with Gasteiger partial charge in [-0.3, -0.25) is 4.79 Å². The number of halogens is 1. The molecule has 4 nitrogen and oxygen atoms in total. The fraction of sp³-hybridized carbons (Fsp3) is 0.111. The number of benzene rings is 3. The Morgan fingerprint density at radius 2 is 1.76 bits per heavy atom. The SMILES string of the molecule is Cc1cc2nc3s/c(=C\c4cn(Cc5ccc(F)cc5)c5ccccc45)c(=O)n3c2cc1C. The van der Waals surface area contributed by atoms with E-state index in [0.717, 1.165) is 38.6 Å². The Balaban J connectivity index is 1.52. The molecule has 33 heavy (non-hydrogen) atoms. The van der Waals surface area contributed by atoms with Crippen LogP contribution in [0.15, 0.2) is 71.7 Å². The van der Waals surface area contributed by atoms with Crippen molar-refractivity contribution in [2.45, 2.75) is 20.4 Å². The Morgan fingerprint density at radius 1 is 1.00 bits per heavy atom. The minimum Gasteiger partial charge on any atom is -0.342 e. The highest BCUT2D eigenvalue weighted by Gasteiger charge is 2.13. The second-order valence-corrected chi connectivity index (χ2v) is 9.44. The van der Waals surface area contributed by atoms with E-state index in [1.54, 1.807) is 16.5 Å². The van der Waals surface area contributed by atoms with Gasteiger partial charge in [-0.2, -0.15) is 0 Å². The van der Waals surface area contributed by atoms with Crippen LogP contribution >= 0.6 is 11.3 Å². The summed E-state index contributed by atoms with van der Waals surface area (Å²) in [5.41, 5.74) is 7.03. The third kappa shape index (κ3) is 3.26. The van der Waals surface area contributed by atoms with Crippen LogP contribution in [0, 0.1) is 19.7 Å². The van der Waals surface area contributed by atoms with Crippen LogP contribution in [-0.2, 0) is 6.54 Å². The number of para-hydroxylation sites is 1. The van der Waals surface area contributed by atoms with Crippen molar-refractivity contribution in [2.24, 2.45) is 0 Å². The van der Waals surface area contributed by atoms with Crippen molar-refractivity contribution in [1.82, 2.24) is 14.0 Å². The lowest BCUT2D eigenvalue weighted by atomic mass is 10.1. The van der Waals surface area contributed by atoms with Crippen LogP contribution in [0.5, 0.6) is 0 Å². The number of fused-ring (bicyclic) bond motifs is 4. The van der Waals surface area contributed by atoms with Gasteiger partial charge in [-0.05, 0) is 66.9 Å². The highest BCUT2D eigenvalue weighted by atomic mass is 32.1. The highest BCUT2D eigenvalue weighted by Crippen LogP contribution is 2.24. The van der Waals surface area contributed by atoms with E-state index in [1.807, 2.05) is 37.3 Å². The van der Waals surface area contributed by atoms with E-state index in [-0.39, 0.29) is 11.4 Å². The van der Waals surface area contributed by atoms with Gasteiger partial charge in [0.05, 0.1) is 15.6 Å². The summed E-state index contributed by atoms with van der Waals surface area (Å²) in [5, 5.41) is 1.07. The zero-order valence-corrected chi connectivity index (χ0v) is 19.0. The summed E-state index contributed by atoms with van der Waals surface area (Å²) >= 11 is 1.41. The molecule has 0 saturated carbocycles. The van der Waals surface area contributed by atoms with E-state index >= 15 is 0 Å². The smallest absolute Gasteiger partial charge is 0.274 e. The fourth-order valence-corrected chi connectivity index (χ4v) is 5.35. The molecule has 0 radical (unpaired) electrons. The van der Waals surface area contributed by atoms with E-state index in [0.29, 0.717) is 16.0 Å². The first kappa shape index (κ1) is 19.9. The van der Waals surface area contributed by atoms with E-state index in [4.69, 9.17) is 4.98 Å². The van der Waals surface area contributed by atoms with Gasteiger partial charge in [0.1, 0.15) is 5.82 Å². The summed E-state index contributed by atoms with van der Waals surface area (Å²) in [7, 11) is 0. The number of nitrogens with zero attached hydrogens (tertiary/aromatic N) is 3. The van der Waals surface area contributed by atoms with Crippen molar-refractivity contribution >= 4 is 44.3 Å². The molecule has 6 rings (SSSR count). The van der Waals surface area contributed by atoms with Crippen molar-refractivity contribution < 1.29 is 4.39 Å². The number of hydrogen-bond donors (Lipinski definition) is 0. The Labute approximate surface area is 192 Å². The summed E-state index contributed by atoms with van der Waals surface area (Å²) in [5.74, 6) is -0.242. The van der Waals surface area contributed by atoms with Gasteiger partial charge in [0.15, 0.2) is 4.96 Å². The predicted molar refractivity (Wildman–Crippen MR) is 133 cm³/mol. The minimum absolute atomic E-state index is 0.0453. The zero-order valence-electron chi connectivity index (χ0n) is 18.2. The molecule has 0 aliphatic rings. The topological polar surface area (TPSA) is 39.3 Å².